The molecule has 2 fully saturated rings. The van der Waals surface area contributed by atoms with E-state index < -0.39 is 4.92 Å². The average Bonchev–Trinajstić information content (AvgIpc) is 3.02. The molecular weight excluding hydrogens is 272 g/mol. The van der Waals surface area contributed by atoms with Gasteiger partial charge in [0.05, 0.1) is 11.1 Å². The lowest BCUT2D eigenvalue weighted by Crippen LogP contribution is -2.38. The van der Waals surface area contributed by atoms with Crippen LogP contribution in [0.3, 0.4) is 0 Å². The molecule has 1 saturated carbocycles. The molecule has 0 radical (unpaired) electrons. The summed E-state index contributed by atoms with van der Waals surface area (Å²) in [7, 11) is 1.66. The number of nitro groups is 1. The predicted octanol–water partition coefficient (Wildman–Crippen LogP) is 1.13. The van der Waals surface area contributed by atoms with Gasteiger partial charge < -0.3 is 15.2 Å². The van der Waals surface area contributed by atoms with Gasteiger partial charge >= 0.3 is 0 Å². The number of likely N-dealkylation sites (tertiary alicyclic amines) is 1. The van der Waals surface area contributed by atoms with Crippen molar-refractivity contribution in [3.63, 3.8) is 0 Å². The highest BCUT2D eigenvalue weighted by Gasteiger charge is 2.41. The van der Waals surface area contributed by atoms with E-state index in [1.807, 2.05) is 0 Å². The molecule has 3 unspecified atom stereocenters. The van der Waals surface area contributed by atoms with Gasteiger partial charge in [-0.3, -0.25) is 14.9 Å². The van der Waals surface area contributed by atoms with Crippen LogP contribution in [0.1, 0.15) is 29.8 Å². The number of aromatic nitrogens is 1. The maximum absolute atomic E-state index is 12.6. The number of carbonyl (C=O) groups is 1. The van der Waals surface area contributed by atoms with Crippen molar-refractivity contribution >= 4 is 11.6 Å². The fraction of sp³-hybridized carbons (Fsp3) is 0.643. The van der Waals surface area contributed by atoms with Gasteiger partial charge in [0.1, 0.15) is 5.69 Å². The summed E-state index contributed by atoms with van der Waals surface area (Å²) < 4.78 is 1.53. The summed E-state index contributed by atoms with van der Waals surface area (Å²) in [5.74, 6) is 0.720. The third-order valence-corrected chi connectivity index (χ3v) is 4.86. The van der Waals surface area contributed by atoms with Gasteiger partial charge in [0.25, 0.3) is 11.6 Å². The number of aryl methyl sites for hydroxylation is 1. The van der Waals surface area contributed by atoms with Gasteiger partial charge in [-0.25, -0.2) is 0 Å². The van der Waals surface area contributed by atoms with E-state index in [2.05, 4.69) is 0 Å². The second kappa shape index (κ2) is 5.14. The van der Waals surface area contributed by atoms with Crippen LogP contribution in [0.15, 0.2) is 12.3 Å². The minimum absolute atomic E-state index is 0.0471. The second-order valence-electron chi connectivity index (χ2n) is 6.18. The summed E-state index contributed by atoms with van der Waals surface area (Å²) in [4.78, 5) is 24.7. The SMILES string of the molecule is Cn1cc([N+](=O)[O-])cc1C(=O)N1CC2CCCC(N)C2C1. The molecule has 2 aliphatic rings. The fourth-order valence-electron chi connectivity index (χ4n) is 3.70. The van der Waals surface area contributed by atoms with Crippen molar-refractivity contribution in [2.45, 2.75) is 25.3 Å². The first-order valence-electron chi connectivity index (χ1n) is 7.33. The minimum Gasteiger partial charge on any atom is -0.340 e. The number of hydrogen-bond donors (Lipinski definition) is 1. The zero-order valence-corrected chi connectivity index (χ0v) is 12.1. The minimum atomic E-state index is -0.476. The van der Waals surface area contributed by atoms with Gasteiger partial charge in [-0.1, -0.05) is 6.42 Å². The van der Waals surface area contributed by atoms with Crippen LogP contribution in [0.2, 0.25) is 0 Å². The van der Waals surface area contributed by atoms with Crippen LogP contribution >= 0.6 is 0 Å². The normalized spacial score (nSPS) is 28.5. The Balaban J connectivity index is 1.79. The van der Waals surface area contributed by atoms with E-state index in [1.165, 1.54) is 16.8 Å². The Morgan fingerprint density at radius 3 is 2.81 bits per heavy atom. The quantitative estimate of drug-likeness (QED) is 0.653. The van der Waals surface area contributed by atoms with Gasteiger partial charge in [0, 0.05) is 32.2 Å². The van der Waals surface area contributed by atoms with E-state index in [0.29, 0.717) is 24.1 Å². The summed E-state index contributed by atoms with van der Waals surface area (Å²) in [6.45, 7) is 1.39. The molecule has 0 bridgehead atoms. The van der Waals surface area contributed by atoms with E-state index in [1.54, 1.807) is 11.9 Å². The van der Waals surface area contributed by atoms with Gasteiger partial charge in [-0.05, 0) is 24.7 Å². The summed E-state index contributed by atoms with van der Waals surface area (Å²) in [5.41, 5.74) is 6.48. The van der Waals surface area contributed by atoms with Gasteiger partial charge in [-0.15, -0.1) is 0 Å². The number of carbonyl (C=O) groups excluding carboxylic acids is 1. The van der Waals surface area contributed by atoms with Crippen molar-refractivity contribution in [2.75, 3.05) is 13.1 Å². The Bertz CT molecular complexity index is 583. The Morgan fingerprint density at radius 2 is 2.19 bits per heavy atom. The number of amides is 1. The topological polar surface area (TPSA) is 94.4 Å². The van der Waals surface area contributed by atoms with Crippen LogP contribution in [0.4, 0.5) is 5.69 Å². The van der Waals surface area contributed by atoms with Gasteiger partial charge in [0.15, 0.2) is 0 Å². The first kappa shape index (κ1) is 14.1. The molecular formula is C14H20N4O3. The summed E-state index contributed by atoms with van der Waals surface area (Å²) >= 11 is 0. The van der Waals surface area contributed by atoms with Gasteiger partial charge in [0.2, 0.25) is 0 Å². The van der Waals surface area contributed by atoms with E-state index in [4.69, 9.17) is 5.73 Å². The van der Waals surface area contributed by atoms with E-state index in [9.17, 15) is 14.9 Å². The molecule has 0 aromatic carbocycles. The van der Waals surface area contributed by atoms with E-state index >= 15 is 0 Å². The Labute approximate surface area is 122 Å². The van der Waals surface area contributed by atoms with Gasteiger partial charge in [-0.2, -0.15) is 0 Å². The number of rotatable bonds is 2. The van der Waals surface area contributed by atoms with Crippen LogP contribution in [0.25, 0.3) is 0 Å². The molecule has 1 amide bonds. The van der Waals surface area contributed by atoms with E-state index in [0.717, 1.165) is 25.8 Å². The highest BCUT2D eigenvalue weighted by Crippen LogP contribution is 2.36. The lowest BCUT2D eigenvalue weighted by Gasteiger charge is -2.29. The monoisotopic (exact) mass is 292 g/mol. The zero-order chi connectivity index (χ0) is 15.1. The summed E-state index contributed by atoms with van der Waals surface area (Å²) in [6.07, 6.45) is 4.65. The van der Waals surface area contributed by atoms with Crippen LogP contribution in [-0.2, 0) is 7.05 Å². The van der Waals surface area contributed by atoms with Crippen LogP contribution in [0.5, 0.6) is 0 Å². The second-order valence-corrected chi connectivity index (χ2v) is 6.18. The third-order valence-electron chi connectivity index (χ3n) is 4.86. The highest BCUT2D eigenvalue weighted by atomic mass is 16.6. The number of nitrogens with two attached hydrogens (primary N) is 1. The first-order chi connectivity index (χ1) is 9.97. The Morgan fingerprint density at radius 1 is 1.43 bits per heavy atom. The smallest absolute Gasteiger partial charge is 0.287 e. The molecule has 2 heterocycles. The van der Waals surface area contributed by atoms with Crippen molar-refractivity contribution in [1.29, 1.82) is 0 Å². The summed E-state index contributed by atoms with van der Waals surface area (Å²) in [6, 6.07) is 1.52. The van der Waals surface area contributed by atoms with Crippen molar-refractivity contribution in [3.8, 4) is 0 Å². The largest absolute Gasteiger partial charge is 0.340 e. The molecule has 1 saturated heterocycles. The molecule has 1 aliphatic carbocycles. The standard InChI is InChI=1S/C14H20N4O3/c1-16-7-10(18(20)21)5-13(16)14(19)17-6-9-3-2-4-12(15)11(9)8-17/h5,7,9,11-12H,2-4,6,8,15H2,1H3. The molecule has 7 nitrogen and oxygen atoms in total. The third kappa shape index (κ3) is 2.42. The van der Waals surface area contributed by atoms with Crippen molar-refractivity contribution in [1.82, 2.24) is 9.47 Å². The fourth-order valence-corrected chi connectivity index (χ4v) is 3.70. The van der Waals surface area contributed by atoms with Crippen molar-refractivity contribution < 1.29 is 9.72 Å². The lowest BCUT2D eigenvalue weighted by molar-refractivity contribution is -0.384. The first-order valence-corrected chi connectivity index (χ1v) is 7.33. The lowest BCUT2D eigenvalue weighted by atomic mass is 9.78. The number of hydrogen-bond acceptors (Lipinski definition) is 4. The number of fused-ring (bicyclic) bond motifs is 1. The maximum atomic E-state index is 12.6. The Hall–Kier alpha value is -1.89. The molecule has 114 valence electrons. The van der Waals surface area contributed by atoms with E-state index in [-0.39, 0.29) is 17.6 Å². The van der Waals surface area contributed by atoms with Crippen LogP contribution < -0.4 is 5.73 Å². The average molecular weight is 292 g/mol. The number of nitrogens with zero attached hydrogens (tertiary/aromatic N) is 3. The van der Waals surface area contributed by atoms with Crippen molar-refractivity contribution in [2.24, 2.45) is 24.6 Å². The molecule has 2 N–H and O–H groups in total. The molecule has 0 spiro atoms. The molecule has 7 heteroatoms. The molecule has 3 rings (SSSR count). The maximum Gasteiger partial charge on any atom is 0.287 e. The molecule has 21 heavy (non-hydrogen) atoms. The molecule has 1 aromatic heterocycles. The molecule has 3 atom stereocenters. The Kier molecular flexibility index (Phi) is 3.44. The zero-order valence-electron chi connectivity index (χ0n) is 12.1. The molecule has 1 aliphatic heterocycles. The molecule has 1 aromatic rings. The van der Waals surface area contributed by atoms with Crippen LogP contribution in [-0.4, -0.2) is 39.4 Å². The predicted molar refractivity (Wildman–Crippen MR) is 76.8 cm³/mol. The highest BCUT2D eigenvalue weighted by molar-refractivity contribution is 5.93. The van der Waals surface area contributed by atoms with Crippen LogP contribution in [0, 0.1) is 22.0 Å². The van der Waals surface area contributed by atoms with Crippen molar-refractivity contribution in [3.05, 3.63) is 28.1 Å². The summed E-state index contributed by atoms with van der Waals surface area (Å²) in [5, 5.41) is 10.8.